The molecular weight excluding hydrogens is 250 g/mol. The standard InChI is InChI=1S/C15H21N5/c1-4-12-7-9-13(10-8-12)17-15-18-14(11-16-19-15)20(5-2)6-3/h7-11H,4-6H2,1-3H3,(H,17,18,19). The van der Waals surface area contributed by atoms with Crippen molar-refractivity contribution in [1.82, 2.24) is 15.2 Å². The molecule has 1 N–H and O–H groups in total. The van der Waals surface area contributed by atoms with Crippen LogP contribution in [0.15, 0.2) is 30.5 Å². The van der Waals surface area contributed by atoms with Crippen molar-refractivity contribution in [2.24, 2.45) is 0 Å². The van der Waals surface area contributed by atoms with Gasteiger partial charge in [-0.25, -0.2) is 0 Å². The van der Waals surface area contributed by atoms with E-state index < -0.39 is 0 Å². The van der Waals surface area contributed by atoms with Gasteiger partial charge in [-0.3, -0.25) is 0 Å². The van der Waals surface area contributed by atoms with Crippen molar-refractivity contribution in [1.29, 1.82) is 0 Å². The van der Waals surface area contributed by atoms with Crippen LogP contribution in [0.5, 0.6) is 0 Å². The Bertz CT molecular complexity index is 534. The molecule has 2 rings (SSSR count). The second-order valence-corrected chi connectivity index (χ2v) is 4.49. The number of aromatic nitrogens is 3. The normalized spacial score (nSPS) is 10.3. The molecule has 20 heavy (non-hydrogen) atoms. The van der Waals surface area contributed by atoms with Gasteiger partial charge in [0.05, 0.1) is 6.20 Å². The molecule has 2 aromatic rings. The zero-order valence-electron chi connectivity index (χ0n) is 12.3. The third-order valence-corrected chi connectivity index (χ3v) is 3.25. The lowest BCUT2D eigenvalue weighted by atomic mass is 10.1. The molecule has 0 unspecified atom stereocenters. The van der Waals surface area contributed by atoms with E-state index in [0.717, 1.165) is 31.0 Å². The summed E-state index contributed by atoms with van der Waals surface area (Å²) >= 11 is 0. The van der Waals surface area contributed by atoms with Crippen molar-refractivity contribution in [2.45, 2.75) is 27.2 Å². The summed E-state index contributed by atoms with van der Waals surface area (Å²) in [4.78, 5) is 6.63. The average Bonchev–Trinajstić information content (AvgIpc) is 2.50. The Morgan fingerprint density at radius 1 is 1.05 bits per heavy atom. The zero-order valence-corrected chi connectivity index (χ0v) is 12.3. The highest BCUT2D eigenvalue weighted by Crippen LogP contribution is 2.16. The molecule has 1 aromatic carbocycles. The summed E-state index contributed by atoms with van der Waals surface area (Å²) in [7, 11) is 0. The monoisotopic (exact) mass is 271 g/mol. The van der Waals surface area contributed by atoms with Crippen LogP contribution in [0.2, 0.25) is 0 Å². The largest absolute Gasteiger partial charge is 0.356 e. The first kappa shape index (κ1) is 14.2. The van der Waals surface area contributed by atoms with Gasteiger partial charge in [0.1, 0.15) is 0 Å². The minimum atomic E-state index is 0.527. The summed E-state index contributed by atoms with van der Waals surface area (Å²) in [6.45, 7) is 8.15. The second-order valence-electron chi connectivity index (χ2n) is 4.49. The van der Waals surface area contributed by atoms with Crippen LogP contribution in [-0.4, -0.2) is 28.3 Å². The van der Waals surface area contributed by atoms with E-state index in [-0.39, 0.29) is 0 Å². The first-order valence-electron chi connectivity index (χ1n) is 7.07. The molecule has 0 bridgehead atoms. The quantitative estimate of drug-likeness (QED) is 0.875. The maximum Gasteiger partial charge on any atom is 0.249 e. The van der Waals surface area contributed by atoms with E-state index in [4.69, 9.17) is 0 Å². The predicted octanol–water partition coefficient (Wildman–Crippen LogP) is 3.02. The van der Waals surface area contributed by atoms with Gasteiger partial charge < -0.3 is 10.2 Å². The van der Waals surface area contributed by atoms with E-state index >= 15 is 0 Å². The lowest BCUT2D eigenvalue weighted by Crippen LogP contribution is -2.23. The smallest absolute Gasteiger partial charge is 0.249 e. The lowest BCUT2D eigenvalue weighted by Gasteiger charge is -2.19. The number of rotatable bonds is 6. The second kappa shape index (κ2) is 6.84. The Kier molecular flexibility index (Phi) is 4.87. The maximum atomic E-state index is 4.49. The summed E-state index contributed by atoms with van der Waals surface area (Å²) < 4.78 is 0. The van der Waals surface area contributed by atoms with Gasteiger partial charge in [0.15, 0.2) is 5.82 Å². The first-order chi connectivity index (χ1) is 9.76. The fourth-order valence-electron chi connectivity index (χ4n) is 2.00. The molecule has 0 saturated carbocycles. The SMILES string of the molecule is CCc1ccc(Nc2nncc(N(CC)CC)n2)cc1. The number of hydrogen-bond acceptors (Lipinski definition) is 5. The number of aryl methyl sites for hydroxylation is 1. The Morgan fingerprint density at radius 2 is 1.75 bits per heavy atom. The summed E-state index contributed by atoms with van der Waals surface area (Å²) in [5.41, 5.74) is 2.28. The van der Waals surface area contributed by atoms with Gasteiger partial charge in [0, 0.05) is 18.8 Å². The van der Waals surface area contributed by atoms with Gasteiger partial charge in [-0.2, -0.15) is 10.1 Å². The summed E-state index contributed by atoms with van der Waals surface area (Å²) in [5.74, 6) is 1.37. The molecule has 0 atom stereocenters. The number of anilines is 3. The molecule has 0 saturated heterocycles. The third kappa shape index (κ3) is 3.44. The lowest BCUT2D eigenvalue weighted by molar-refractivity contribution is 0.826. The van der Waals surface area contributed by atoms with Gasteiger partial charge in [0.2, 0.25) is 5.95 Å². The maximum absolute atomic E-state index is 4.49. The van der Waals surface area contributed by atoms with Crippen LogP contribution in [0.25, 0.3) is 0 Å². The van der Waals surface area contributed by atoms with Gasteiger partial charge in [0.25, 0.3) is 0 Å². The van der Waals surface area contributed by atoms with E-state index in [1.165, 1.54) is 5.56 Å². The van der Waals surface area contributed by atoms with Crippen LogP contribution in [0, 0.1) is 0 Å². The zero-order chi connectivity index (χ0) is 14.4. The molecule has 0 radical (unpaired) electrons. The van der Waals surface area contributed by atoms with E-state index in [1.807, 2.05) is 12.1 Å². The molecule has 0 fully saturated rings. The van der Waals surface area contributed by atoms with Crippen LogP contribution in [-0.2, 0) is 6.42 Å². The molecule has 1 aromatic heterocycles. The van der Waals surface area contributed by atoms with Crippen molar-refractivity contribution in [3.63, 3.8) is 0 Å². The molecule has 5 heteroatoms. The van der Waals surface area contributed by atoms with Crippen LogP contribution in [0.3, 0.4) is 0 Å². The van der Waals surface area contributed by atoms with E-state index in [1.54, 1.807) is 6.20 Å². The number of benzene rings is 1. The fourth-order valence-corrected chi connectivity index (χ4v) is 2.00. The van der Waals surface area contributed by atoms with E-state index in [0.29, 0.717) is 5.95 Å². The van der Waals surface area contributed by atoms with Crippen molar-refractivity contribution >= 4 is 17.5 Å². The highest BCUT2D eigenvalue weighted by molar-refractivity contribution is 5.54. The van der Waals surface area contributed by atoms with Crippen LogP contribution >= 0.6 is 0 Å². The molecular formula is C15H21N5. The van der Waals surface area contributed by atoms with Crippen molar-refractivity contribution in [2.75, 3.05) is 23.3 Å². The molecule has 5 nitrogen and oxygen atoms in total. The van der Waals surface area contributed by atoms with Crippen LogP contribution in [0.1, 0.15) is 26.3 Å². The highest BCUT2D eigenvalue weighted by atomic mass is 15.3. The van der Waals surface area contributed by atoms with Gasteiger partial charge >= 0.3 is 0 Å². The summed E-state index contributed by atoms with van der Waals surface area (Å²) in [5, 5.41) is 11.2. The van der Waals surface area contributed by atoms with Crippen LogP contribution < -0.4 is 10.2 Å². The molecule has 0 aliphatic rings. The minimum absolute atomic E-state index is 0.527. The summed E-state index contributed by atoms with van der Waals surface area (Å²) in [6, 6.07) is 8.27. The van der Waals surface area contributed by atoms with Gasteiger partial charge in [-0.1, -0.05) is 19.1 Å². The molecule has 0 aliphatic carbocycles. The van der Waals surface area contributed by atoms with Gasteiger partial charge in [-0.15, -0.1) is 5.10 Å². The predicted molar refractivity (Wildman–Crippen MR) is 82.5 cm³/mol. The Hall–Kier alpha value is -2.17. The molecule has 1 heterocycles. The fraction of sp³-hybridized carbons (Fsp3) is 0.400. The molecule has 106 valence electrons. The van der Waals surface area contributed by atoms with Crippen molar-refractivity contribution in [3.8, 4) is 0 Å². The van der Waals surface area contributed by atoms with Crippen molar-refractivity contribution < 1.29 is 0 Å². The Labute approximate surface area is 120 Å². The number of hydrogen-bond donors (Lipinski definition) is 1. The number of nitrogens with one attached hydrogen (secondary N) is 1. The Morgan fingerprint density at radius 3 is 2.35 bits per heavy atom. The minimum Gasteiger partial charge on any atom is -0.356 e. The van der Waals surface area contributed by atoms with Gasteiger partial charge in [-0.05, 0) is 38.0 Å². The topological polar surface area (TPSA) is 53.9 Å². The third-order valence-electron chi connectivity index (χ3n) is 3.25. The summed E-state index contributed by atoms with van der Waals surface area (Å²) in [6.07, 6.45) is 2.73. The van der Waals surface area contributed by atoms with E-state index in [2.05, 4.69) is 58.3 Å². The molecule has 0 amide bonds. The van der Waals surface area contributed by atoms with Crippen LogP contribution in [0.4, 0.5) is 17.5 Å². The average molecular weight is 271 g/mol. The Balaban J connectivity index is 2.14. The number of nitrogens with zero attached hydrogens (tertiary/aromatic N) is 4. The molecule has 0 spiro atoms. The van der Waals surface area contributed by atoms with Crippen molar-refractivity contribution in [3.05, 3.63) is 36.0 Å². The first-order valence-corrected chi connectivity index (χ1v) is 7.07. The highest BCUT2D eigenvalue weighted by Gasteiger charge is 2.06. The van der Waals surface area contributed by atoms with E-state index in [9.17, 15) is 0 Å². The molecule has 0 aliphatic heterocycles.